The van der Waals surface area contributed by atoms with E-state index in [0.29, 0.717) is 5.56 Å². The van der Waals surface area contributed by atoms with Gasteiger partial charge in [0.1, 0.15) is 11.9 Å². The number of carboxylic acids is 1. The Balaban J connectivity index is 2.27. The highest BCUT2D eigenvalue weighted by molar-refractivity contribution is 7.60. The van der Waals surface area contributed by atoms with Crippen molar-refractivity contribution in [3.63, 3.8) is 0 Å². The van der Waals surface area contributed by atoms with Crippen LogP contribution in [0.4, 0.5) is 13.2 Å². The number of amides is 1. The third-order valence-electron chi connectivity index (χ3n) is 4.23. The van der Waals surface area contributed by atoms with Gasteiger partial charge < -0.3 is 14.9 Å². The number of hydrogen-bond acceptors (Lipinski definition) is 4. The van der Waals surface area contributed by atoms with Gasteiger partial charge in [-0.15, -0.1) is 0 Å². The summed E-state index contributed by atoms with van der Waals surface area (Å²) in [7, 11) is -4.24. The van der Waals surface area contributed by atoms with Crippen molar-refractivity contribution in [3.05, 3.63) is 71.8 Å². The van der Waals surface area contributed by atoms with Crippen LogP contribution in [0, 0.1) is 0 Å². The topological polar surface area (TPSA) is 92.7 Å². The molecule has 0 bridgehead atoms. The average molecular weight is 443 g/mol. The summed E-state index contributed by atoms with van der Waals surface area (Å²) in [4.78, 5) is 22.8. The molecule has 6 nitrogen and oxygen atoms in total. The third kappa shape index (κ3) is 7.31. The molecule has 2 aromatic rings. The first-order valence-corrected chi connectivity index (χ1v) is 10.9. The molecule has 0 saturated carbocycles. The van der Waals surface area contributed by atoms with Crippen LogP contribution < -0.4 is 5.32 Å². The van der Waals surface area contributed by atoms with E-state index >= 15 is 0 Å². The standard InChI is InChI=1S/C20H21F3NO5P/c21-20(22,23)19(27)24-17(12-11-15-7-3-1-4-8-15)30(28,14-18(25)26)29-13-16-9-5-2-6-10-16/h1-10,17H,11-14H2,(H,24,27)(H,25,26). The molecule has 0 heterocycles. The van der Waals surface area contributed by atoms with Gasteiger partial charge in [0.2, 0.25) is 7.37 Å². The van der Waals surface area contributed by atoms with Crippen LogP contribution in [0.25, 0.3) is 0 Å². The van der Waals surface area contributed by atoms with Gasteiger partial charge in [-0.05, 0) is 24.0 Å². The number of benzene rings is 2. The number of hydrogen-bond donors (Lipinski definition) is 2. The highest BCUT2D eigenvalue weighted by Gasteiger charge is 2.44. The lowest BCUT2D eigenvalue weighted by Crippen LogP contribution is -2.44. The molecule has 0 spiro atoms. The number of rotatable bonds is 10. The molecule has 0 saturated heterocycles. The predicted molar refractivity (Wildman–Crippen MR) is 104 cm³/mol. The van der Waals surface area contributed by atoms with Gasteiger partial charge >= 0.3 is 18.1 Å². The molecule has 2 atom stereocenters. The van der Waals surface area contributed by atoms with Crippen LogP contribution >= 0.6 is 7.37 Å². The summed E-state index contributed by atoms with van der Waals surface area (Å²) in [6.45, 7) is -0.269. The number of carboxylic acid groups (broad SMARTS) is 1. The van der Waals surface area contributed by atoms with E-state index in [1.54, 1.807) is 66.0 Å². The molecule has 0 aromatic heterocycles. The first-order valence-electron chi connectivity index (χ1n) is 9.01. The summed E-state index contributed by atoms with van der Waals surface area (Å²) in [6.07, 6.45) is -6.25. The van der Waals surface area contributed by atoms with E-state index in [4.69, 9.17) is 4.52 Å². The van der Waals surface area contributed by atoms with Gasteiger partial charge in [0.25, 0.3) is 0 Å². The van der Waals surface area contributed by atoms with E-state index in [2.05, 4.69) is 0 Å². The molecular weight excluding hydrogens is 422 g/mol. The van der Waals surface area contributed by atoms with Crippen LogP contribution in [0.5, 0.6) is 0 Å². The summed E-state index contributed by atoms with van der Waals surface area (Å²) in [5.74, 6) is -5.42. The molecule has 0 aliphatic rings. The van der Waals surface area contributed by atoms with Gasteiger partial charge in [-0.25, -0.2) is 0 Å². The van der Waals surface area contributed by atoms with Crippen molar-refractivity contribution < 1.29 is 37.0 Å². The molecule has 1 amide bonds. The Labute approximate surface area is 171 Å². The molecule has 0 radical (unpaired) electrons. The average Bonchev–Trinajstić information content (AvgIpc) is 2.69. The number of halogens is 3. The summed E-state index contributed by atoms with van der Waals surface area (Å²) < 4.78 is 57.2. The molecule has 2 unspecified atom stereocenters. The molecule has 0 fully saturated rings. The maximum absolute atomic E-state index is 13.4. The van der Waals surface area contributed by atoms with Crippen molar-refractivity contribution in [1.82, 2.24) is 5.32 Å². The second-order valence-electron chi connectivity index (χ2n) is 6.55. The van der Waals surface area contributed by atoms with Gasteiger partial charge in [-0.1, -0.05) is 60.7 Å². The normalized spacial score (nSPS) is 14.5. The Hall–Kier alpha value is -2.64. The van der Waals surface area contributed by atoms with E-state index in [0.717, 1.165) is 5.56 Å². The van der Waals surface area contributed by atoms with Crippen LogP contribution in [0.3, 0.4) is 0 Å². The molecule has 2 aromatic carbocycles. The third-order valence-corrected chi connectivity index (χ3v) is 6.84. The smallest absolute Gasteiger partial charge is 0.471 e. The van der Waals surface area contributed by atoms with E-state index in [1.165, 1.54) is 0 Å². The quantitative estimate of drug-likeness (QED) is 0.537. The van der Waals surface area contributed by atoms with Crippen LogP contribution in [0.2, 0.25) is 0 Å². The molecule has 0 aliphatic heterocycles. The van der Waals surface area contributed by atoms with Gasteiger partial charge in [-0.3, -0.25) is 14.2 Å². The van der Waals surface area contributed by atoms with Crippen LogP contribution in [-0.4, -0.2) is 35.1 Å². The Bertz CT molecular complexity index is 890. The number of aliphatic carboxylic acids is 1. The fourth-order valence-electron chi connectivity index (χ4n) is 2.74. The van der Waals surface area contributed by atoms with Crippen molar-refractivity contribution in [2.75, 3.05) is 6.16 Å². The van der Waals surface area contributed by atoms with Crippen molar-refractivity contribution in [1.29, 1.82) is 0 Å². The monoisotopic (exact) mass is 443 g/mol. The number of alkyl halides is 3. The molecule has 30 heavy (non-hydrogen) atoms. The van der Waals surface area contributed by atoms with Gasteiger partial charge in [0.15, 0.2) is 0 Å². The summed E-state index contributed by atoms with van der Waals surface area (Å²) >= 11 is 0. The zero-order chi connectivity index (χ0) is 22.2. The second kappa shape index (κ2) is 10.4. The maximum Gasteiger partial charge on any atom is 0.471 e. The fraction of sp³-hybridized carbons (Fsp3) is 0.300. The first kappa shape index (κ1) is 23.6. The van der Waals surface area contributed by atoms with Crippen LogP contribution in [0.1, 0.15) is 17.5 Å². The van der Waals surface area contributed by atoms with E-state index in [9.17, 15) is 32.4 Å². The zero-order valence-electron chi connectivity index (χ0n) is 15.8. The Morgan fingerprint density at radius 1 is 1.00 bits per heavy atom. The number of aryl methyl sites for hydroxylation is 1. The maximum atomic E-state index is 13.4. The molecule has 0 aliphatic carbocycles. The summed E-state index contributed by atoms with van der Waals surface area (Å²) in [6, 6.07) is 17.0. The molecule has 10 heteroatoms. The number of nitrogens with one attached hydrogen (secondary N) is 1. The van der Waals surface area contributed by atoms with Gasteiger partial charge in [0.05, 0.1) is 6.61 Å². The number of carbonyl (C=O) groups excluding carboxylic acids is 1. The van der Waals surface area contributed by atoms with E-state index in [-0.39, 0.29) is 19.4 Å². The predicted octanol–water partition coefficient (Wildman–Crippen LogP) is 4.20. The minimum atomic E-state index is -5.21. The van der Waals surface area contributed by atoms with Crippen molar-refractivity contribution in [2.24, 2.45) is 0 Å². The highest BCUT2D eigenvalue weighted by atomic mass is 31.2. The minimum Gasteiger partial charge on any atom is -0.481 e. The largest absolute Gasteiger partial charge is 0.481 e. The highest BCUT2D eigenvalue weighted by Crippen LogP contribution is 2.53. The van der Waals surface area contributed by atoms with Crippen LogP contribution in [-0.2, 0) is 31.7 Å². The Morgan fingerprint density at radius 3 is 2.03 bits per heavy atom. The van der Waals surface area contributed by atoms with Gasteiger partial charge in [-0.2, -0.15) is 13.2 Å². The SMILES string of the molecule is O=C(O)CP(=O)(OCc1ccccc1)C(CCc1ccccc1)NC(=O)C(F)(F)F. The lowest BCUT2D eigenvalue weighted by atomic mass is 10.1. The molecule has 2 N–H and O–H groups in total. The Kier molecular flexibility index (Phi) is 8.20. The van der Waals surface area contributed by atoms with Crippen molar-refractivity contribution >= 4 is 19.2 Å². The lowest BCUT2D eigenvalue weighted by molar-refractivity contribution is -0.173. The lowest BCUT2D eigenvalue weighted by Gasteiger charge is -2.28. The molecule has 162 valence electrons. The molecule has 2 rings (SSSR count). The van der Waals surface area contributed by atoms with E-state index in [1.807, 2.05) is 0 Å². The van der Waals surface area contributed by atoms with E-state index < -0.39 is 37.4 Å². The molecular formula is C20H21F3NO5P. The minimum absolute atomic E-state index is 0.169. The van der Waals surface area contributed by atoms with Crippen molar-refractivity contribution in [3.8, 4) is 0 Å². The fourth-order valence-corrected chi connectivity index (χ4v) is 4.81. The van der Waals surface area contributed by atoms with Crippen LogP contribution in [0.15, 0.2) is 60.7 Å². The Morgan fingerprint density at radius 2 is 1.53 bits per heavy atom. The second-order valence-corrected chi connectivity index (χ2v) is 9.20. The summed E-state index contributed by atoms with van der Waals surface area (Å²) in [5.41, 5.74) is 1.29. The first-order chi connectivity index (χ1) is 14.1. The van der Waals surface area contributed by atoms with Crippen molar-refractivity contribution in [2.45, 2.75) is 31.4 Å². The van der Waals surface area contributed by atoms with Gasteiger partial charge in [0, 0.05) is 0 Å². The number of carbonyl (C=O) groups is 2. The zero-order valence-corrected chi connectivity index (χ0v) is 16.7. The summed E-state index contributed by atoms with van der Waals surface area (Å²) in [5, 5.41) is 10.9.